The Kier molecular flexibility index (Phi) is 3.23. The molecule has 6 nitrogen and oxygen atoms in total. The minimum atomic E-state index is -0.290. The minimum absolute atomic E-state index is 0.290. The van der Waals surface area contributed by atoms with Gasteiger partial charge in [0, 0.05) is 18.0 Å². The molecule has 0 amide bonds. The second-order valence-electron chi connectivity index (χ2n) is 4.75. The molecule has 1 aliphatic rings. The van der Waals surface area contributed by atoms with Crippen LogP contribution in [-0.4, -0.2) is 30.6 Å². The van der Waals surface area contributed by atoms with Crippen LogP contribution in [0.1, 0.15) is 0 Å². The van der Waals surface area contributed by atoms with Crippen LogP contribution in [0.25, 0.3) is 11.4 Å². The zero-order valence-corrected chi connectivity index (χ0v) is 12.2. The van der Waals surface area contributed by atoms with Crippen molar-refractivity contribution < 1.29 is 4.39 Å². The number of rotatable bonds is 2. The molecule has 0 spiro atoms. The molecule has 110 valence electrons. The van der Waals surface area contributed by atoms with E-state index in [0.717, 1.165) is 5.16 Å². The number of hydrogen-bond donors (Lipinski definition) is 0. The highest BCUT2D eigenvalue weighted by molar-refractivity contribution is 7.99. The number of benzene rings is 1. The molecular formula is C14H11FN6S. The predicted molar refractivity (Wildman–Crippen MR) is 80.7 cm³/mol. The molecule has 1 aromatic carbocycles. The number of anilines is 1. The van der Waals surface area contributed by atoms with Gasteiger partial charge in [-0.3, -0.25) is 4.57 Å². The zero-order valence-electron chi connectivity index (χ0n) is 11.4. The van der Waals surface area contributed by atoms with Crippen molar-refractivity contribution in [3.05, 3.63) is 48.5 Å². The van der Waals surface area contributed by atoms with Crippen LogP contribution in [0.3, 0.4) is 0 Å². The Balaban J connectivity index is 1.71. The smallest absolute Gasteiger partial charge is 0.227 e. The summed E-state index contributed by atoms with van der Waals surface area (Å²) in [7, 11) is 0. The van der Waals surface area contributed by atoms with Crippen LogP contribution < -0.4 is 4.90 Å². The molecule has 2 aromatic heterocycles. The van der Waals surface area contributed by atoms with Gasteiger partial charge in [-0.05, 0) is 18.2 Å². The first-order chi connectivity index (χ1) is 10.8. The molecule has 0 fully saturated rings. The van der Waals surface area contributed by atoms with Crippen molar-refractivity contribution in [3.8, 4) is 11.4 Å². The van der Waals surface area contributed by atoms with Crippen LogP contribution in [0.4, 0.5) is 10.3 Å². The summed E-state index contributed by atoms with van der Waals surface area (Å²) < 4.78 is 15.4. The second-order valence-corrected chi connectivity index (χ2v) is 5.66. The molecule has 0 bridgehead atoms. The van der Waals surface area contributed by atoms with E-state index in [-0.39, 0.29) is 5.82 Å². The molecular weight excluding hydrogens is 303 g/mol. The van der Waals surface area contributed by atoms with Crippen molar-refractivity contribution >= 4 is 17.7 Å². The Morgan fingerprint density at radius 2 is 1.95 bits per heavy atom. The lowest BCUT2D eigenvalue weighted by Gasteiger charge is -2.27. The number of aromatic nitrogens is 5. The average Bonchev–Trinajstić information content (AvgIpc) is 2.99. The van der Waals surface area contributed by atoms with Crippen molar-refractivity contribution in [2.24, 2.45) is 0 Å². The summed E-state index contributed by atoms with van der Waals surface area (Å²) in [5.41, 5.74) is 0.704. The highest BCUT2D eigenvalue weighted by Crippen LogP contribution is 2.30. The first-order valence-corrected chi connectivity index (χ1v) is 7.64. The van der Waals surface area contributed by atoms with Gasteiger partial charge in [-0.15, -0.1) is 10.2 Å². The molecule has 3 heterocycles. The lowest BCUT2D eigenvalue weighted by atomic mass is 10.2. The number of fused-ring (bicyclic) bond motifs is 1. The Morgan fingerprint density at radius 1 is 1.09 bits per heavy atom. The van der Waals surface area contributed by atoms with Gasteiger partial charge in [-0.1, -0.05) is 23.9 Å². The van der Waals surface area contributed by atoms with Gasteiger partial charge in [-0.25, -0.2) is 14.4 Å². The summed E-state index contributed by atoms with van der Waals surface area (Å²) >= 11 is 1.55. The number of nitrogens with zero attached hydrogens (tertiary/aromatic N) is 6. The monoisotopic (exact) mass is 314 g/mol. The Bertz CT molecular complexity index is 806. The van der Waals surface area contributed by atoms with E-state index in [9.17, 15) is 4.39 Å². The quantitative estimate of drug-likeness (QED) is 0.724. The van der Waals surface area contributed by atoms with Crippen LogP contribution in [-0.2, 0) is 6.67 Å². The molecule has 0 saturated heterocycles. The maximum absolute atomic E-state index is 13.4. The third kappa shape index (κ3) is 2.31. The third-order valence-corrected chi connectivity index (χ3v) is 4.30. The fourth-order valence-electron chi connectivity index (χ4n) is 2.29. The maximum Gasteiger partial charge on any atom is 0.227 e. The van der Waals surface area contributed by atoms with Crippen LogP contribution in [0.15, 0.2) is 47.9 Å². The molecule has 0 atom stereocenters. The molecule has 0 aliphatic carbocycles. The summed E-state index contributed by atoms with van der Waals surface area (Å²) in [6.07, 6.45) is 3.42. The fraction of sp³-hybridized carbons (Fsp3) is 0.143. The van der Waals surface area contributed by atoms with Gasteiger partial charge in [-0.2, -0.15) is 0 Å². The van der Waals surface area contributed by atoms with Crippen molar-refractivity contribution in [1.82, 2.24) is 24.7 Å². The fourth-order valence-corrected chi connectivity index (χ4v) is 3.15. The van der Waals surface area contributed by atoms with Crippen molar-refractivity contribution in [2.75, 3.05) is 10.8 Å². The molecule has 4 rings (SSSR count). The van der Waals surface area contributed by atoms with Crippen molar-refractivity contribution in [3.63, 3.8) is 0 Å². The van der Waals surface area contributed by atoms with E-state index in [0.29, 0.717) is 29.9 Å². The van der Waals surface area contributed by atoms with Crippen molar-refractivity contribution in [2.45, 2.75) is 11.8 Å². The molecule has 22 heavy (non-hydrogen) atoms. The summed E-state index contributed by atoms with van der Waals surface area (Å²) in [6, 6.07) is 8.14. The van der Waals surface area contributed by atoms with Gasteiger partial charge in [0.05, 0.1) is 5.88 Å². The molecule has 1 aliphatic heterocycles. The molecule has 0 unspecified atom stereocenters. The Morgan fingerprint density at radius 3 is 2.77 bits per heavy atom. The Hall–Kier alpha value is -2.48. The SMILES string of the molecule is Fc1cccc(-c2nnc3n2CN(c2ncccn2)CS3)c1. The van der Waals surface area contributed by atoms with Gasteiger partial charge >= 0.3 is 0 Å². The Labute approximate surface area is 130 Å². The second kappa shape index (κ2) is 5.38. The molecule has 0 radical (unpaired) electrons. The third-order valence-electron chi connectivity index (χ3n) is 3.30. The van der Waals surface area contributed by atoms with Crippen LogP contribution in [0, 0.1) is 5.82 Å². The average molecular weight is 314 g/mol. The maximum atomic E-state index is 13.4. The van der Waals surface area contributed by atoms with E-state index in [2.05, 4.69) is 20.2 Å². The first kappa shape index (κ1) is 13.2. The van der Waals surface area contributed by atoms with Crippen LogP contribution in [0.5, 0.6) is 0 Å². The number of halogens is 1. The van der Waals surface area contributed by atoms with E-state index in [4.69, 9.17) is 0 Å². The van der Waals surface area contributed by atoms with E-state index >= 15 is 0 Å². The van der Waals surface area contributed by atoms with Gasteiger partial charge in [0.1, 0.15) is 12.5 Å². The molecule has 8 heteroatoms. The molecule has 3 aromatic rings. The summed E-state index contributed by atoms with van der Waals surface area (Å²) in [6.45, 7) is 0.533. The van der Waals surface area contributed by atoms with Gasteiger partial charge in [0.15, 0.2) is 11.0 Å². The number of hydrogen-bond acceptors (Lipinski definition) is 6. The van der Waals surface area contributed by atoms with E-state index in [1.807, 2.05) is 15.5 Å². The van der Waals surface area contributed by atoms with E-state index in [1.54, 1.807) is 36.3 Å². The normalized spacial score (nSPS) is 14.0. The largest absolute Gasteiger partial charge is 0.313 e. The van der Waals surface area contributed by atoms with E-state index < -0.39 is 0 Å². The van der Waals surface area contributed by atoms with Crippen LogP contribution >= 0.6 is 11.8 Å². The summed E-state index contributed by atoms with van der Waals surface area (Å²) in [5.74, 6) is 1.70. The number of thioether (sulfide) groups is 1. The highest BCUT2D eigenvalue weighted by Gasteiger charge is 2.23. The summed E-state index contributed by atoms with van der Waals surface area (Å²) in [5, 5.41) is 9.18. The van der Waals surface area contributed by atoms with E-state index in [1.165, 1.54) is 12.1 Å². The molecule has 0 N–H and O–H groups in total. The summed E-state index contributed by atoms with van der Waals surface area (Å²) in [4.78, 5) is 10.5. The lowest BCUT2D eigenvalue weighted by Crippen LogP contribution is -2.31. The van der Waals surface area contributed by atoms with Gasteiger partial charge < -0.3 is 4.90 Å². The van der Waals surface area contributed by atoms with Gasteiger partial charge in [0.25, 0.3) is 0 Å². The predicted octanol–water partition coefficient (Wildman–Crippen LogP) is 2.40. The first-order valence-electron chi connectivity index (χ1n) is 6.65. The topological polar surface area (TPSA) is 59.7 Å². The molecule has 0 saturated carbocycles. The lowest BCUT2D eigenvalue weighted by molar-refractivity contribution is 0.596. The van der Waals surface area contributed by atoms with Crippen molar-refractivity contribution in [1.29, 1.82) is 0 Å². The standard InChI is InChI=1S/C14H11FN6S/c15-11-4-1-3-10(7-11)12-18-19-14-21(12)8-20(9-22-14)13-16-5-2-6-17-13/h1-7H,8-9H2. The zero-order chi connectivity index (χ0) is 14.9. The highest BCUT2D eigenvalue weighted by atomic mass is 32.2. The van der Waals surface area contributed by atoms with Crippen LogP contribution in [0.2, 0.25) is 0 Å². The van der Waals surface area contributed by atoms with Gasteiger partial charge in [0.2, 0.25) is 5.95 Å². The minimum Gasteiger partial charge on any atom is -0.313 e.